The molecule has 1 aliphatic heterocycles. The summed E-state index contributed by atoms with van der Waals surface area (Å²) in [5, 5.41) is 22.2. The zero-order valence-corrected chi connectivity index (χ0v) is 16.9. The number of benzene rings is 2. The molecule has 0 saturated carbocycles. The topological polar surface area (TPSA) is 59.0 Å². The number of anilines is 2. The van der Waals surface area contributed by atoms with Gasteiger partial charge in [-0.15, -0.1) is 0 Å². The maximum atomic E-state index is 9.15. The van der Waals surface area contributed by atoms with Crippen molar-refractivity contribution in [2.45, 2.75) is 6.92 Å². The number of aryl methyl sites for hydroxylation is 1. The summed E-state index contributed by atoms with van der Waals surface area (Å²) in [6.07, 6.45) is 0. The van der Waals surface area contributed by atoms with E-state index in [1.165, 1.54) is 11.3 Å². The van der Waals surface area contributed by atoms with E-state index in [1.54, 1.807) is 24.3 Å². The summed E-state index contributed by atoms with van der Waals surface area (Å²) >= 11 is 9.04. The SMILES string of the molecule is Cc1cc(Br)ccc1N1CCN(C(=S)Nc2ccc(B(O)O)cc2)CC1. The average molecular weight is 434 g/mol. The number of nitrogens with zero attached hydrogens (tertiary/aromatic N) is 2. The minimum absolute atomic E-state index is 0.458. The molecule has 8 heteroatoms. The summed E-state index contributed by atoms with van der Waals surface area (Å²) in [4.78, 5) is 4.55. The molecule has 3 rings (SSSR count). The summed E-state index contributed by atoms with van der Waals surface area (Å²) in [6, 6.07) is 13.3. The number of piperazine rings is 1. The van der Waals surface area contributed by atoms with E-state index in [9.17, 15) is 0 Å². The van der Waals surface area contributed by atoms with Crippen LogP contribution >= 0.6 is 28.1 Å². The third-order valence-electron chi connectivity index (χ3n) is 4.53. The number of hydrogen-bond donors (Lipinski definition) is 3. The maximum Gasteiger partial charge on any atom is 0.488 e. The van der Waals surface area contributed by atoms with Crippen molar-refractivity contribution in [3.05, 3.63) is 52.5 Å². The van der Waals surface area contributed by atoms with Gasteiger partial charge in [-0.25, -0.2) is 0 Å². The smallest absolute Gasteiger partial charge is 0.423 e. The molecule has 3 N–H and O–H groups in total. The van der Waals surface area contributed by atoms with Crippen LogP contribution in [0.2, 0.25) is 0 Å². The highest BCUT2D eigenvalue weighted by atomic mass is 79.9. The van der Waals surface area contributed by atoms with Crippen molar-refractivity contribution >= 4 is 57.2 Å². The first-order valence-electron chi connectivity index (χ1n) is 8.47. The Morgan fingerprint density at radius 1 is 1.08 bits per heavy atom. The fourth-order valence-corrected chi connectivity index (χ4v) is 3.84. The molecular formula is C18H21BBrN3O2S. The largest absolute Gasteiger partial charge is 0.488 e. The predicted octanol–water partition coefficient (Wildman–Crippen LogP) is 1.96. The van der Waals surface area contributed by atoms with Gasteiger partial charge >= 0.3 is 7.12 Å². The van der Waals surface area contributed by atoms with Crippen LogP contribution in [0.25, 0.3) is 0 Å². The highest BCUT2D eigenvalue weighted by molar-refractivity contribution is 9.10. The Bertz CT molecular complexity index is 781. The van der Waals surface area contributed by atoms with Gasteiger partial charge in [-0.05, 0) is 60.5 Å². The second-order valence-electron chi connectivity index (χ2n) is 6.33. The molecule has 0 amide bonds. The van der Waals surface area contributed by atoms with Gasteiger partial charge in [0.2, 0.25) is 0 Å². The highest BCUT2D eigenvalue weighted by Gasteiger charge is 2.20. The van der Waals surface area contributed by atoms with E-state index in [0.29, 0.717) is 10.6 Å². The Kier molecular flexibility index (Phi) is 6.18. The van der Waals surface area contributed by atoms with E-state index >= 15 is 0 Å². The second kappa shape index (κ2) is 8.39. The molecule has 1 saturated heterocycles. The summed E-state index contributed by atoms with van der Waals surface area (Å²) in [7, 11) is -1.45. The minimum atomic E-state index is -1.45. The number of nitrogens with one attached hydrogen (secondary N) is 1. The fraction of sp³-hybridized carbons (Fsp3) is 0.278. The molecule has 0 unspecified atom stereocenters. The van der Waals surface area contributed by atoms with E-state index in [4.69, 9.17) is 22.3 Å². The van der Waals surface area contributed by atoms with Gasteiger partial charge < -0.3 is 25.2 Å². The first-order chi connectivity index (χ1) is 12.4. The molecule has 1 fully saturated rings. The van der Waals surface area contributed by atoms with Crippen LogP contribution in [-0.2, 0) is 0 Å². The van der Waals surface area contributed by atoms with E-state index in [2.05, 4.69) is 56.2 Å². The quantitative estimate of drug-likeness (QED) is 0.508. The zero-order valence-electron chi connectivity index (χ0n) is 14.5. The normalized spacial score (nSPS) is 14.3. The van der Waals surface area contributed by atoms with Crippen LogP contribution in [-0.4, -0.2) is 53.4 Å². The van der Waals surface area contributed by atoms with Crippen LogP contribution in [0.15, 0.2) is 46.9 Å². The summed E-state index contributed by atoms with van der Waals surface area (Å²) in [5.74, 6) is 0. The molecule has 0 atom stereocenters. The molecule has 5 nitrogen and oxygen atoms in total. The Labute approximate surface area is 167 Å². The van der Waals surface area contributed by atoms with Crippen molar-refractivity contribution in [3.63, 3.8) is 0 Å². The van der Waals surface area contributed by atoms with Gasteiger partial charge in [0.15, 0.2) is 5.11 Å². The molecule has 1 aliphatic rings. The van der Waals surface area contributed by atoms with Crippen molar-refractivity contribution < 1.29 is 10.0 Å². The third kappa shape index (κ3) is 4.56. The van der Waals surface area contributed by atoms with Crippen molar-refractivity contribution in [2.75, 3.05) is 36.4 Å². The third-order valence-corrected chi connectivity index (χ3v) is 5.38. The van der Waals surface area contributed by atoms with Gasteiger partial charge in [-0.1, -0.05) is 28.1 Å². The molecule has 2 aromatic rings. The predicted molar refractivity (Wildman–Crippen MR) is 115 cm³/mol. The molecule has 0 radical (unpaired) electrons. The Morgan fingerprint density at radius 3 is 2.31 bits per heavy atom. The van der Waals surface area contributed by atoms with Crippen LogP contribution in [0, 0.1) is 6.92 Å². The molecule has 136 valence electrons. The molecule has 0 aromatic heterocycles. The lowest BCUT2D eigenvalue weighted by molar-refractivity contribution is 0.390. The molecule has 0 bridgehead atoms. The van der Waals surface area contributed by atoms with Gasteiger partial charge in [0.25, 0.3) is 0 Å². The lowest BCUT2D eigenvalue weighted by Crippen LogP contribution is -2.50. The molecule has 26 heavy (non-hydrogen) atoms. The van der Waals surface area contributed by atoms with Gasteiger partial charge in [-0.2, -0.15) is 0 Å². The van der Waals surface area contributed by atoms with Crippen molar-refractivity contribution in [1.29, 1.82) is 0 Å². The van der Waals surface area contributed by atoms with Gasteiger partial charge in [0, 0.05) is 42.0 Å². The maximum absolute atomic E-state index is 9.15. The van der Waals surface area contributed by atoms with Gasteiger partial charge in [-0.3, -0.25) is 0 Å². The van der Waals surface area contributed by atoms with Crippen LogP contribution in [0.5, 0.6) is 0 Å². The molecule has 0 aliphatic carbocycles. The fourth-order valence-electron chi connectivity index (χ4n) is 3.07. The number of halogens is 1. The van der Waals surface area contributed by atoms with Crippen molar-refractivity contribution in [1.82, 2.24) is 4.90 Å². The number of hydrogen-bond acceptors (Lipinski definition) is 4. The lowest BCUT2D eigenvalue weighted by Gasteiger charge is -2.38. The molecular weight excluding hydrogens is 413 g/mol. The van der Waals surface area contributed by atoms with Crippen LogP contribution in [0.4, 0.5) is 11.4 Å². The average Bonchev–Trinajstić information content (AvgIpc) is 2.62. The van der Waals surface area contributed by atoms with Crippen LogP contribution < -0.4 is 15.7 Å². The summed E-state index contributed by atoms with van der Waals surface area (Å²) in [5.41, 5.74) is 3.83. The minimum Gasteiger partial charge on any atom is -0.423 e. The van der Waals surface area contributed by atoms with E-state index in [1.807, 2.05) is 0 Å². The zero-order chi connectivity index (χ0) is 18.7. The van der Waals surface area contributed by atoms with Crippen LogP contribution in [0.3, 0.4) is 0 Å². The van der Waals surface area contributed by atoms with E-state index < -0.39 is 7.12 Å². The summed E-state index contributed by atoms with van der Waals surface area (Å²) < 4.78 is 1.10. The second-order valence-corrected chi connectivity index (χ2v) is 7.63. The van der Waals surface area contributed by atoms with Gasteiger partial charge in [0.1, 0.15) is 0 Å². The standard InChI is InChI=1S/C18H21BBrN3O2S/c1-13-12-15(20)4-7-17(13)22-8-10-23(11-9-22)18(26)21-16-5-2-14(3-6-16)19(24)25/h2-7,12,24-25H,8-11H2,1H3,(H,21,26). The van der Waals surface area contributed by atoms with E-state index in [0.717, 1.165) is 36.3 Å². The summed E-state index contributed by atoms with van der Waals surface area (Å²) in [6.45, 7) is 5.68. The van der Waals surface area contributed by atoms with Gasteiger partial charge in [0.05, 0.1) is 0 Å². The first-order valence-corrected chi connectivity index (χ1v) is 9.67. The molecule has 1 heterocycles. The van der Waals surface area contributed by atoms with Crippen LogP contribution in [0.1, 0.15) is 5.56 Å². The Balaban J connectivity index is 1.56. The number of thiocarbonyl (C=S) groups is 1. The van der Waals surface area contributed by atoms with Crippen molar-refractivity contribution in [2.24, 2.45) is 0 Å². The van der Waals surface area contributed by atoms with Crippen molar-refractivity contribution in [3.8, 4) is 0 Å². The molecule has 0 spiro atoms. The highest BCUT2D eigenvalue weighted by Crippen LogP contribution is 2.25. The Hall–Kier alpha value is -1.61. The monoisotopic (exact) mass is 433 g/mol. The number of rotatable bonds is 3. The lowest BCUT2D eigenvalue weighted by atomic mass is 9.80. The Morgan fingerprint density at radius 2 is 1.73 bits per heavy atom. The van der Waals surface area contributed by atoms with E-state index in [-0.39, 0.29) is 0 Å². The first kappa shape index (κ1) is 19.2. The molecule has 2 aromatic carbocycles.